The van der Waals surface area contributed by atoms with E-state index in [9.17, 15) is 4.79 Å². The number of aliphatic hydroxyl groups is 1. The molecule has 4 heteroatoms. The SMILES string of the molecule is C#CCNC(=O)C(C)NC(C)(CC)CCO. The highest BCUT2D eigenvalue weighted by atomic mass is 16.3. The van der Waals surface area contributed by atoms with Crippen LogP contribution in [-0.2, 0) is 4.79 Å². The van der Waals surface area contributed by atoms with Gasteiger partial charge >= 0.3 is 0 Å². The van der Waals surface area contributed by atoms with E-state index >= 15 is 0 Å². The summed E-state index contributed by atoms with van der Waals surface area (Å²) >= 11 is 0. The number of terminal acetylenes is 1. The maximum Gasteiger partial charge on any atom is 0.237 e. The first kappa shape index (κ1) is 14.9. The van der Waals surface area contributed by atoms with E-state index in [2.05, 4.69) is 16.6 Å². The molecule has 0 saturated heterocycles. The highest BCUT2D eigenvalue weighted by molar-refractivity contribution is 5.81. The molecule has 0 aliphatic rings. The smallest absolute Gasteiger partial charge is 0.237 e. The quantitative estimate of drug-likeness (QED) is 0.546. The molecule has 0 spiro atoms. The summed E-state index contributed by atoms with van der Waals surface area (Å²) < 4.78 is 0. The average molecular weight is 226 g/mol. The van der Waals surface area contributed by atoms with Crippen LogP contribution in [0.15, 0.2) is 0 Å². The summed E-state index contributed by atoms with van der Waals surface area (Å²) in [5, 5.41) is 14.8. The zero-order valence-corrected chi connectivity index (χ0v) is 10.3. The number of carbonyl (C=O) groups is 1. The molecule has 3 N–H and O–H groups in total. The van der Waals surface area contributed by atoms with Crippen LogP contribution in [0.1, 0.15) is 33.6 Å². The zero-order chi connectivity index (χ0) is 12.6. The van der Waals surface area contributed by atoms with Crippen LogP contribution in [0.25, 0.3) is 0 Å². The minimum atomic E-state index is -0.315. The Bertz CT molecular complexity index is 260. The van der Waals surface area contributed by atoms with Crippen LogP contribution < -0.4 is 10.6 Å². The Balaban J connectivity index is 4.24. The zero-order valence-electron chi connectivity index (χ0n) is 10.3. The Hall–Kier alpha value is -1.05. The third-order valence-corrected chi connectivity index (χ3v) is 2.77. The fourth-order valence-corrected chi connectivity index (χ4v) is 1.48. The molecule has 0 heterocycles. The molecule has 92 valence electrons. The van der Waals surface area contributed by atoms with Crippen molar-refractivity contribution in [1.29, 1.82) is 0 Å². The van der Waals surface area contributed by atoms with Crippen molar-refractivity contribution in [1.82, 2.24) is 10.6 Å². The number of amides is 1. The van der Waals surface area contributed by atoms with Crippen molar-refractivity contribution in [3.63, 3.8) is 0 Å². The highest BCUT2D eigenvalue weighted by Crippen LogP contribution is 2.14. The van der Waals surface area contributed by atoms with Crippen molar-refractivity contribution >= 4 is 5.91 Å². The van der Waals surface area contributed by atoms with Crippen LogP contribution in [0.4, 0.5) is 0 Å². The molecule has 0 aliphatic carbocycles. The fourth-order valence-electron chi connectivity index (χ4n) is 1.48. The molecule has 0 aliphatic heterocycles. The van der Waals surface area contributed by atoms with Gasteiger partial charge in [-0.1, -0.05) is 12.8 Å². The molecule has 0 radical (unpaired) electrons. The first-order chi connectivity index (χ1) is 7.49. The van der Waals surface area contributed by atoms with Gasteiger partial charge in [0, 0.05) is 12.1 Å². The van der Waals surface area contributed by atoms with E-state index in [0.717, 1.165) is 6.42 Å². The van der Waals surface area contributed by atoms with Crippen molar-refractivity contribution in [3.8, 4) is 12.3 Å². The van der Waals surface area contributed by atoms with Crippen LogP contribution >= 0.6 is 0 Å². The first-order valence-corrected chi connectivity index (χ1v) is 5.59. The van der Waals surface area contributed by atoms with Crippen molar-refractivity contribution < 1.29 is 9.90 Å². The topological polar surface area (TPSA) is 61.4 Å². The summed E-state index contributed by atoms with van der Waals surface area (Å²) in [5.41, 5.74) is -0.221. The van der Waals surface area contributed by atoms with Crippen LogP contribution in [-0.4, -0.2) is 35.7 Å². The van der Waals surface area contributed by atoms with Gasteiger partial charge in [-0.2, -0.15) is 0 Å². The van der Waals surface area contributed by atoms with Gasteiger partial charge in [0.1, 0.15) is 0 Å². The highest BCUT2D eigenvalue weighted by Gasteiger charge is 2.25. The standard InChI is InChI=1S/C12H22N2O2/c1-5-8-13-11(16)10(3)14-12(4,6-2)7-9-15/h1,10,14-15H,6-9H2,2-4H3,(H,13,16). The molecular formula is C12H22N2O2. The van der Waals surface area contributed by atoms with Crippen LogP contribution in [0.3, 0.4) is 0 Å². The molecule has 0 fully saturated rings. The van der Waals surface area contributed by atoms with Crippen LogP contribution in [0.2, 0.25) is 0 Å². The van der Waals surface area contributed by atoms with Gasteiger partial charge in [-0.05, 0) is 26.7 Å². The Morgan fingerprint density at radius 2 is 2.25 bits per heavy atom. The number of nitrogens with one attached hydrogen (secondary N) is 2. The monoisotopic (exact) mass is 226 g/mol. The summed E-state index contributed by atoms with van der Waals surface area (Å²) in [6.45, 7) is 6.16. The molecule has 0 bridgehead atoms. The maximum atomic E-state index is 11.6. The molecule has 0 aromatic heterocycles. The van der Waals surface area contributed by atoms with Gasteiger partial charge in [-0.15, -0.1) is 6.42 Å². The second-order valence-electron chi connectivity index (χ2n) is 4.18. The van der Waals surface area contributed by atoms with E-state index in [1.54, 1.807) is 6.92 Å². The summed E-state index contributed by atoms with van der Waals surface area (Å²) in [5.74, 6) is 2.24. The predicted octanol–water partition coefficient (Wildman–Crippen LogP) is 0.265. The van der Waals surface area contributed by atoms with Crippen LogP contribution in [0, 0.1) is 12.3 Å². The van der Waals surface area contributed by atoms with E-state index in [-0.39, 0.29) is 30.6 Å². The fraction of sp³-hybridized carbons (Fsp3) is 0.750. The Labute approximate surface area is 97.8 Å². The number of hydrogen-bond acceptors (Lipinski definition) is 3. The normalized spacial score (nSPS) is 15.9. The van der Waals surface area contributed by atoms with E-state index in [0.29, 0.717) is 6.42 Å². The lowest BCUT2D eigenvalue weighted by Crippen LogP contribution is -2.53. The maximum absolute atomic E-state index is 11.6. The van der Waals surface area contributed by atoms with Gasteiger partial charge in [0.15, 0.2) is 0 Å². The molecule has 2 atom stereocenters. The Morgan fingerprint density at radius 1 is 1.62 bits per heavy atom. The summed E-state index contributed by atoms with van der Waals surface area (Å²) in [7, 11) is 0. The third-order valence-electron chi connectivity index (χ3n) is 2.77. The number of aliphatic hydroxyl groups excluding tert-OH is 1. The van der Waals surface area contributed by atoms with Crippen molar-refractivity contribution in [2.75, 3.05) is 13.2 Å². The van der Waals surface area contributed by atoms with Crippen molar-refractivity contribution in [2.45, 2.75) is 45.2 Å². The van der Waals surface area contributed by atoms with Gasteiger partial charge in [0.25, 0.3) is 0 Å². The molecule has 1 amide bonds. The van der Waals surface area contributed by atoms with E-state index in [1.165, 1.54) is 0 Å². The van der Waals surface area contributed by atoms with E-state index < -0.39 is 0 Å². The Kier molecular flexibility index (Phi) is 6.78. The predicted molar refractivity (Wildman–Crippen MR) is 64.8 cm³/mol. The molecule has 16 heavy (non-hydrogen) atoms. The second kappa shape index (κ2) is 7.26. The molecule has 0 aromatic rings. The minimum Gasteiger partial charge on any atom is -0.396 e. The summed E-state index contributed by atoms with van der Waals surface area (Å²) in [6, 6.07) is -0.315. The first-order valence-electron chi connectivity index (χ1n) is 5.59. The number of carbonyl (C=O) groups excluding carboxylic acids is 1. The second-order valence-corrected chi connectivity index (χ2v) is 4.18. The lowest BCUT2D eigenvalue weighted by Gasteiger charge is -2.32. The third kappa shape index (κ3) is 5.15. The average Bonchev–Trinajstić information content (AvgIpc) is 2.26. The van der Waals surface area contributed by atoms with Crippen molar-refractivity contribution in [3.05, 3.63) is 0 Å². The van der Waals surface area contributed by atoms with Crippen molar-refractivity contribution in [2.24, 2.45) is 0 Å². The number of rotatable bonds is 7. The van der Waals surface area contributed by atoms with Gasteiger partial charge in [-0.25, -0.2) is 0 Å². The number of hydrogen-bond donors (Lipinski definition) is 3. The van der Waals surface area contributed by atoms with E-state index in [1.807, 2.05) is 13.8 Å². The van der Waals surface area contributed by atoms with Gasteiger partial charge < -0.3 is 15.7 Å². The molecule has 0 saturated carbocycles. The summed E-state index contributed by atoms with van der Waals surface area (Å²) in [4.78, 5) is 11.6. The Morgan fingerprint density at radius 3 is 2.69 bits per heavy atom. The largest absolute Gasteiger partial charge is 0.396 e. The van der Waals surface area contributed by atoms with E-state index in [4.69, 9.17) is 11.5 Å². The molecule has 0 aromatic carbocycles. The van der Waals surface area contributed by atoms with Gasteiger partial charge in [-0.3, -0.25) is 4.79 Å². The van der Waals surface area contributed by atoms with Crippen LogP contribution in [0.5, 0.6) is 0 Å². The minimum absolute atomic E-state index is 0.107. The summed E-state index contributed by atoms with van der Waals surface area (Å²) in [6.07, 6.45) is 6.53. The lowest BCUT2D eigenvalue weighted by atomic mass is 9.94. The molecule has 2 unspecified atom stereocenters. The molecular weight excluding hydrogens is 204 g/mol. The molecule has 0 rings (SSSR count). The lowest BCUT2D eigenvalue weighted by molar-refractivity contribution is -0.123. The van der Waals surface area contributed by atoms with Gasteiger partial charge in [0.2, 0.25) is 5.91 Å². The van der Waals surface area contributed by atoms with Gasteiger partial charge in [0.05, 0.1) is 12.6 Å². The molecule has 4 nitrogen and oxygen atoms in total.